The number of carbonyl (C=O) groups is 1. The summed E-state index contributed by atoms with van der Waals surface area (Å²) in [6.07, 6.45) is 2.54. The summed E-state index contributed by atoms with van der Waals surface area (Å²) in [4.78, 5) is 19.9. The summed E-state index contributed by atoms with van der Waals surface area (Å²) < 4.78 is 9.31. The highest BCUT2D eigenvalue weighted by Gasteiger charge is 2.20. The van der Waals surface area contributed by atoms with Gasteiger partial charge < -0.3 is 19.5 Å². The normalized spacial score (nSPS) is 15.8. The number of ether oxygens (including phenoxy) is 1. The second-order valence-corrected chi connectivity index (χ2v) is 7.09. The van der Waals surface area contributed by atoms with Gasteiger partial charge in [0.15, 0.2) is 0 Å². The molecule has 0 bridgehead atoms. The molecule has 8 heteroatoms. The summed E-state index contributed by atoms with van der Waals surface area (Å²) >= 11 is 0. The Morgan fingerprint density at radius 3 is 2.71 bits per heavy atom. The molecule has 1 aromatic carbocycles. The van der Waals surface area contributed by atoms with E-state index in [0.717, 1.165) is 42.2 Å². The van der Waals surface area contributed by atoms with Crippen molar-refractivity contribution in [2.24, 2.45) is 14.1 Å². The van der Waals surface area contributed by atoms with Gasteiger partial charge in [-0.25, -0.2) is 4.98 Å². The van der Waals surface area contributed by atoms with Gasteiger partial charge in [0.05, 0.1) is 36.0 Å². The fourth-order valence-electron chi connectivity index (χ4n) is 3.73. The predicted octanol–water partition coefficient (Wildman–Crippen LogP) is 2.02. The Kier molecular flexibility index (Phi) is 5.04. The smallest absolute Gasteiger partial charge is 0.251 e. The highest BCUT2D eigenvalue weighted by atomic mass is 16.5. The molecule has 4 rings (SSSR count). The fourth-order valence-corrected chi connectivity index (χ4v) is 3.73. The number of nitrogens with zero attached hydrogens (tertiary/aromatic N) is 5. The van der Waals surface area contributed by atoms with Crippen LogP contribution in [0, 0.1) is 0 Å². The van der Waals surface area contributed by atoms with Gasteiger partial charge in [0.25, 0.3) is 5.91 Å². The number of aryl methyl sites for hydroxylation is 2. The molecule has 0 unspecified atom stereocenters. The van der Waals surface area contributed by atoms with Crippen LogP contribution in [0.2, 0.25) is 0 Å². The van der Waals surface area contributed by atoms with Crippen molar-refractivity contribution in [1.29, 1.82) is 0 Å². The Morgan fingerprint density at radius 1 is 1.25 bits per heavy atom. The van der Waals surface area contributed by atoms with Gasteiger partial charge >= 0.3 is 0 Å². The number of rotatable bonds is 5. The number of anilines is 1. The minimum absolute atomic E-state index is 0.0802. The van der Waals surface area contributed by atoms with Crippen LogP contribution in [0.25, 0.3) is 11.0 Å². The van der Waals surface area contributed by atoms with Crippen molar-refractivity contribution < 1.29 is 9.53 Å². The zero-order valence-corrected chi connectivity index (χ0v) is 16.6. The molecule has 0 spiro atoms. The second-order valence-electron chi connectivity index (χ2n) is 7.09. The summed E-state index contributed by atoms with van der Waals surface area (Å²) in [5.74, 6) is 0.811. The number of fused-ring (bicyclic) bond motifs is 1. The maximum atomic E-state index is 12.9. The summed E-state index contributed by atoms with van der Waals surface area (Å²) in [6.45, 7) is 5.13. The molecule has 28 heavy (non-hydrogen) atoms. The number of hydrogen-bond acceptors (Lipinski definition) is 5. The van der Waals surface area contributed by atoms with E-state index in [1.54, 1.807) is 10.9 Å². The molecule has 1 fully saturated rings. The van der Waals surface area contributed by atoms with Crippen molar-refractivity contribution in [1.82, 2.24) is 24.6 Å². The molecule has 3 heterocycles. The van der Waals surface area contributed by atoms with Crippen LogP contribution < -0.4 is 10.2 Å². The molecule has 1 saturated heterocycles. The van der Waals surface area contributed by atoms with E-state index < -0.39 is 0 Å². The van der Waals surface area contributed by atoms with E-state index in [2.05, 4.69) is 26.8 Å². The number of benzene rings is 1. The molecule has 148 valence electrons. The van der Waals surface area contributed by atoms with E-state index in [-0.39, 0.29) is 11.9 Å². The molecular formula is C20H26N6O2. The lowest BCUT2D eigenvalue weighted by Crippen LogP contribution is -2.37. The Labute approximate surface area is 164 Å². The van der Waals surface area contributed by atoms with Crippen molar-refractivity contribution in [2.75, 3.05) is 31.2 Å². The number of nitrogens with one attached hydrogen (secondary N) is 1. The van der Waals surface area contributed by atoms with Crippen molar-refractivity contribution >= 4 is 22.9 Å². The van der Waals surface area contributed by atoms with Gasteiger partial charge in [-0.05, 0) is 30.7 Å². The van der Waals surface area contributed by atoms with E-state index in [4.69, 9.17) is 9.72 Å². The highest BCUT2D eigenvalue weighted by Crippen LogP contribution is 2.24. The largest absolute Gasteiger partial charge is 0.378 e. The van der Waals surface area contributed by atoms with Crippen molar-refractivity contribution in [3.05, 3.63) is 41.7 Å². The number of imidazole rings is 1. The lowest BCUT2D eigenvalue weighted by molar-refractivity contribution is 0.0934. The van der Waals surface area contributed by atoms with E-state index in [1.165, 1.54) is 0 Å². The van der Waals surface area contributed by atoms with Crippen LogP contribution in [0.4, 0.5) is 5.95 Å². The van der Waals surface area contributed by atoms with Crippen molar-refractivity contribution in [2.45, 2.75) is 19.4 Å². The van der Waals surface area contributed by atoms with Gasteiger partial charge in [-0.1, -0.05) is 6.92 Å². The molecule has 0 saturated carbocycles. The minimum Gasteiger partial charge on any atom is -0.378 e. The zero-order chi connectivity index (χ0) is 19.7. The highest BCUT2D eigenvalue weighted by molar-refractivity contribution is 5.98. The number of morpholine rings is 1. The third kappa shape index (κ3) is 3.35. The van der Waals surface area contributed by atoms with E-state index >= 15 is 0 Å². The first-order chi connectivity index (χ1) is 13.6. The topological polar surface area (TPSA) is 77.2 Å². The molecular weight excluding hydrogens is 356 g/mol. The third-order valence-electron chi connectivity index (χ3n) is 5.34. The van der Waals surface area contributed by atoms with Crippen LogP contribution in [-0.4, -0.2) is 51.5 Å². The molecule has 0 radical (unpaired) electrons. The van der Waals surface area contributed by atoms with E-state index in [9.17, 15) is 4.79 Å². The summed E-state index contributed by atoms with van der Waals surface area (Å²) in [6, 6.07) is 7.54. The predicted molar refractivity (Wildman–Crippen MR) is 107 cm³/mol. The van der Waals surface area contributed by atoms with Gasteiger partial charge in [-0.15, -0.1) is 0 Å². The Balaban J connectivity index is 1.58. The number of hydrogen-bond donors (Lipinski definition) is 1. The lowest BCUT2D eigenvalue weighted by atomic mass is 10.1. The molecule has 2 aromatic heterocycles. The maximum Gasteiger partial charge on any atom is 0.251 e. The third-order valence-corrected chi connectivity index (χ3v) is 5.34. The van der Waals surface area contributed by atoms with Gasteiger partial charge in [0, 0.05) is 38.9 Å². The maximum absolute atomic E-state index is 12.9. The van der Waals surface area contributed by atoms with Gasteiger partial charge in [-0.2, -0.15) is 5.10 Å². The fraction of sp³-hybridized carbons (Fsp3) is 0.450. The Morgan fingerprint density at radius 2 is 2.04 bits per heavy atom. The van der Waals surface area contributed by atoms with Crippen molar-refractivity contribution in [3.63, 3.8) is 0 Å². The first kappa shape index (κ1) is 18.5. The van der Waals surface area contributed by atoms with Gasteiger partial charge in [0.2, 0.25) is 5.95 Å². The number of aromatic nitrogens is 4. The van der Waals surface area contributed by atoms with Crippen LogP contribution in [0.1, 0.15) is 35.4 Å². The standard InChI is InChI=1S/C20H26N6O2/c1-4-15(18-7-8-21-25(18)3)22-19(27)14-5-6-17-16(13-14)23-20(24(17)2)26-9-11-28-12-10-26/h5-8,13,15H,4,9-12H2,1-3H3,(H,22,27)/t15-/m0/s1. The van der Waals surface area contributed by atoms with Crippen LogP contribution in [0.3, 0.4) is 0 Å². The first-order valence-corrected chi connectivity index (χ1v) is 9.66. The monoisotopic (exact) mass is 382 g/mol. The molecule has 3 aromatic rings. The average Bonchev–Trinajstić information content (AvgIpc) is 3.29. The summed E-state index contributed by atoms with van der Waals surface area (Å²) in [5.41, 5.74) is 3.44. The molecule has 0 aliphatic carbocycles. The molecule has 8 nitrogen and oxygen atoms in total. The number of carbonyl (C=O) groups excluding carboxylic acids is 1. The lowest BCUT2D eigenvalue weighted by Gasteiger charge is -2.27. The number of amides is 1. The second kappa shape index (κ2) is 7.63. The van der Waals surface area contributed by atoms with E-state index in [1.807, 2.05) is 38.4 Å². The van der Waals surface area contributed by atoms with Gasteiger partial charge in [-0.3, -0.25) is 9.48 Å². The van der Waals surface area contributed by atoms with Crippen molar-refractivity contribution in [3.8, 4) is 0 Å². The Hall–Kier alpha value is -2.87. The molecule has 1 atom stereocenters. The average molecular weight is 382 g/mol. The van der Waals surface area contributed by atoms with E-state index in [0.29, 0.717) is 18.8 Å². The zero-order valence-electron chi connectivity index (χ0n) is 16.6. The SMILES string of the molecule is CC[C@H](NC(=O)c1ccc2c(c1)nc(N1CCOCC1)n2C)c1ccnn1C. The van der Waals surface area contributed by atoms with Crippen LogP contribution in [0.5, 0.6) is 0 Å². The summed E-state index contributed by atoms with van der Waals surface area (Å²) in [5, 5.41) is 7.32. The molecule has 1 amide bonds. The quantitative estimate of drug-likeness (QED) is 0.731. The molecule has 1 aliphatic heterocycles. The van der Waals surface area contributed by atoms with Crippen LogP contribution in [-0.2, 0) is 18.8 Å². The van der Waals surface area contributed by atoms with Crippen LogP contribution >= 0.6 is 0 Å². The molecule has 1 aliphatic rings. The molecule has 1 N–H and O–H groups in total. The summed E-state index contributed by atoms with van der Waals surface area (Å²) in [7, 11) is 3.90. The Bertz CT molecular complexity index is 986. The first-order valence-electron chi connectivity index (χ1n) is 9.66. The van der Waals surface area contributed by atoms with Gasteiger partial charge in [0.1, 0.15) is 0 Å². The minimum atomic E-state index is -0.103. The van der Waals surface area contributed by atoms with Crippen LogP contribution in [0.15, 0.2) is 30.5 Å².